The second-order valence-corrected chi connectivity index (χ2v) is 4.79. The summed E-state index contributed by atoms with van der Waals surface area (Å²) in [5.41, 5.74) is 3.01. The number of rotatable bonds is 8. The number of methoxy groups -OCH3 is 1. The van der Waals surface area contributed by atoms with Gasteiger partial charge in [-0.1, -0.05) is 24.1 Å². The number of nitrogens with zero attached hydrogens (tertiary/aromatic N) is 1. The minimum atomic E-state index is -0.380. The van der Waals surface area contributed by atoms with Crippen molar-refractivity contribution < 1.29 is 19.0 Å². The van der Waals surface area contributed by atoms with E-state index in [1.807, 2.05) is 18.2 Å². The number of hydrogen-bond donors (Lipinski definition) is 1. The van der Waals surface area contributed by atoms with Gasteiger partial charge < -0.3 is 14.2 Å². The van der Waals surface area contributed by atoms with Gasteiger partial charge in [0.15, 0.2) is 6.61 Å². The maximum absolute atomic E-state index is 11.8. The number of benzene rings is 2. The summed E-state index contributed by atoms with van der Waals surface area (Å²) in [6.07, 6.45) is 6.65. The van der Waals surface area contributed by atoms with Gasteiger partial charge >= 0.3 is 0 Å². The van der Waals surface area contributed by atoms with Crippen LogP contribution in [0.2, 0.25) is 0 Å². The Kier molecular flexibility index (Phi) is 6.89. The molecule has 0 aliphatic carbocycles. The van der Waals surface area contributed by atoms with Crippen LogP contribution in [-0.4, -0.2) is 32.4 Å². The average Bonchev–Trinajstić information content (AvgIpc) is 2.66. The monoisotopic (exact) mass is 338 g/mol. The lowest BCUT2D eigenvalue weighted by atomic mass is 10.2. The maximum atomic E-state index is 11.8. The van der Waals surface area contributed by atoms with E-state index in [2.05, 4.69) is 16.4 Å². The highest BCUT2D eigenvalue weighted by Crippen LogP contribution is 2.22. The van der Waals surface area contributed by atoms with Crippen LogP contribution in [0, 0.1) is 12.3 Å². The molecule has 0 unspecified atom stereocenters. The number of nitrogens with one attached hydrogen (secondary N) is 1. The zero-order valence-electron chi connectivity index (χ0n) is 13.8. The van der Waals surface area contributed by atoms with Crippen LogP contribution < -0.4 is 19.6 Å². The van der Waals surface area contributed by atoms with Gasteiger partial charge in [0.05, 0.1) is 13.3 Å². The first-order valence-electron chi connectivity index (χ1n) is 7.47. The Morgan fingerprint density at radius 2 is 2.00 bits per heavy atom. The molecule has 0 spiro atoms. The summed E-state index contributed by atoms with van der Waals surface area (Å²) in [6.45, 7) is -0.00957. The molecule has 0 fully saturated rings. The highest BCUT2D eigenvalue weighted by atomic mass is 16.5. The summed E-state index contributed by atoms with van der Waals surface area (Å²) < 4.78 is 15.9. The van der Waals surface area contributed by atoms with Gasteiger partial charge in [0.1, 0.15) is 23.9 Å². The molecule has 0 aliphatic rings. The molecule has 0 saturated heterocycles. The summed E-state index contributed by atoms with van der Waals surface area (Å²) in [4.78, 5) is 11.8. The van der Waals surface area contributed by atoms with Gasteiger partial charge in [0.25, 0.3) is 5.91 Å². The second-order valence-electron chi connectivity index (χ2n) is 4.79. The minimum absolute atomic E-state index is 0.129. The molecule has 2 aromatic carbocycles. The number of carbonyl (C=O) groups excluding carboxylic acids is 1. The number of terminal acetylenes is 1. The average molecular weight is 338 g/mol. The molecule has 1 amide bonds. The van der Waals surface area contributed by atoms with Crippen molar-refractivity contribution in [2.24, 2.45) is 5.10 Å². The van der Waals surface area contributed by atoms with Gasteiger partial charge in [-0.15, -0.1) is 6.42 Å². The molecule has 2 aromatic rings. The first kappa shape index (κ1) is 17.9. The van der Waals surface area contributed by atoms with Gasteiger partial charge in [-0.2, -0.15) is 5.10 Å². The van der Waals surface area contributed by atoms with Crippen molar-refractivity contribution in [2.75, 3.05) is 20.3 Å². The van der Waals surface area contributed by atoms with Crippen LogP contribution in [-0.2, 0) is 4.79 Å². The molecule has 0 radical (unpaired) electrons. The zero-order valence-corrected chi connectivity index (χ0v) is 13.8. The topological polar surface area (TPSA) is 69.2 Å². The van der Waals surface area contributed by atoms with Crippen LogP contribution in [0.3, 0.4) is 0 Å². The third-order valence-electron chi connectivity index (χ3n) is 3.03. The van der Waals surface area contributed by atoms with E-state index in [0.29, 0.717) is 22.8 Å². The quantitative estimate of drug-likeness (QED) is 0.455. The zero-order chi connectivity index (χ0) is 17.9. The molecular formula is C19H18N2O4. The fraction of sp³-hybridized carbons (Fsp3) is 0.158. The normalized spacial score (nSPS) is 10.1. The second kappa shape index (κ2) is 9.63. The minimum Gasteiger partial charge on any atom is -0.497 e. The van der Waals surface area contributed by atoms with E-state index in [4.69, 9.17) is 20.6 Å². The van der Waals surface area contributed by atoms with E-state index in [1.165, 1.54) is 6.21 Å². The van der Waals surface area contributed by atoms with E-state index >= 15 is 0 Å². The summed E-state index contributed by atoms with van der Waals surface area (Å²) in [6, 6.07) is 14.2. The molecular weight excluding hydrogens is 320 g/mol. The highest BCUT2D eigenvalue weighted by Gasteiger charge is 2.05. The van der Waals surface area contributed by atoms with E-state index in [9.17, 15) is 4.79 Å². The SMILES string of the molecule is C#CCOc1ccc(OC)cc1/C=N\NC(=O)COc1ccccc1. The summed E-state index contributed by atoms with van der Waals surface area (Å²) in [5, 5.41) is 3.91. The number of hydrazone groups is 1. The Bertz CT molecular complexity index is 767. The van der Waals surface area contributed by atoms with Gasteiger partial charge in [-0.05, 0) is 30.3 Å². The number of ether oxygens (including phenoxy) is 3. The van der Waals surface area contributed by atoms with Gasteiger partial charge in [-0.3, -0.25) is 4.79 Å². The molecule has 0 heterocycles. The molecule has 0 saturated carbocycles. The Morgan fingerprint density at radius 1 is 1.20 bits per heavy atom. The lowest BCUT2D eigenvalue weighted by molar-refractivity contribution is -0.123. The van der Waals surface area contributed by atoms with Crippen LogP contribution in [0.15, 0.2) is 53.6 Å². The van der Waals surface area contributed by atoms with Crippen LogP contribution in [0.4, 0.5) is 0 Å². The fourth-order valence-corrected chi connectivity index (χ4v) is 1.88. The number of amides is 1. The van der Waals surface area contributed by atoms with Crippen molar-refractivity contribution in [1.82, 2.24) is 5.43 Å². The van der Waals surface area contributed by atoms with Crippen molar-refractivity contribution in [2.45, 2.75) is 0 Å². The van der Waals surface area contributed by atoms with E-state index in [1.54, 1.807) is 37.4 Å². The van der Waals surface area contributed by atoms with Crippen molar-refractivity contribution in [3.63, 3.8) is 0 Å². The standard InChI is InChI=1S/C19H18N2O4/c1-3-11-24-18-10-9-17(23-2)12-15(18)13-20-21-19(22)14-25-16-7-5-4-6-8-16/h1,4-10,12-13H,11,14H2,2H3,(H,21,22)/b20-13-. The molecule has 0 aromatic heterocycles. The molecule has 2 rings (SSSR count). The van der Waals surface area contributed by atoms with Gasteiger partial charge in [0, 0.05) is 5.56 Å². The molecule has 0 atom stereocenters. The predicted molar refractivity (Wildman–Crippen MR) is 95.0 cm³/mol. The van der Waals surface area contributed by atoms with Crippen LogP contribution in [0.25, 0.3) is 0 Å². The summed E-state index contributed by atoms with van der Waals surface area (Å²) >= 11 is 0. The largest absolute Gasteiger partial charge is 0.497 e. The third-order valence-corrected chi connectivity index (χ3v) is 3.03. The van der Waals surface area contributed by atoms with Crippen LogP contribution >= 0.6 is 0 Å². The maximum Gasteiger partial charge on any atom is 0.277 e. The molecule has 6 heteroatoms. The number of carbonyl (C=O) groups is 1. The number of para-hydroxylation sites is 1. The highest BCUT2D eigenvalue weighted by molar-refractivity contribution is 5.86. The summed E-state index contributed by atoms with van der Waals surface area (Å²) in [7, 11) is 1.56. The third kappa shape index (κ3) is 5.92. The van der Waals surface area contributed by atoms with Crippen molar-refractivity contribution >= 4 is 12.1 Å². The smallest absolute Gasteiger partial charge is 0.277 e. The molecule has 1 N–H and O–H groups in total. The van der Waals surface area contributed by atoms with Crippen molar-refractivity contribution in [3.8, 4) is 29.6 Å². The molecule has 0 aliphatic heterocycles. The Hall–Kier alpha value is -3.46. The van der Waals surface area contributed by atoms with E-state index in [0.717, 1.165) is 0 Å². The van der Waals surface area contributed by atoms with Gasteiger partial charge in [-0.25, -0.2) is 5.43 Å². The van der Waals surface area contributed by atoms with E-state index < -0.39 is 0 Å². The lowest BCUT2D eigenvalue weighted by Gasteiger charge is -2.08. The van der Waals surface area contributed by atoms with Gasteiger partial charge in [0.2, 0.25) is 0 Å². The van der Waals surface area contributed by atoms with E-state index in [-0.39, 0.29) is 19.1 Å². The van der Waals surface area contributed by atoms with Crippen molar-refractivity contribution in [3.05, 3.63) is 54.1 Å². The molecule has 25 heavy (non-hydrogen) atoms. The Labute approximate surface area is 146 Å². The molecule has 6 nitrogen and oxygen atoms in total. The Balaban J connectivity index is 1.93. The molecule has 128 valence electrons. The fourth-order valence-electron chi connectivity index (χ4n) is 1.88. The van der Waals surface area contributed by atoms with Crippen LogP contribution in [0.5, 0.6) is 17.2 Å². The molecule has 0 bridgehead atoms. The summed E-state index contributed by atoms with van der Waals surface area (Å²) in [5.74, 6) is 3.80. The predicted octanol–water partition coefficient (Wildman–Crippen LogP) is 2.24. The number of hydrogen-bond acceptors (Lipinski definition) is 5. The first-order chi connectivity index (χ1) is 12.2. The van der Waals surface area contributed by atoms with Crippen LogP contribution in [0.1, 0.15) is 5.56 Å². The lowest BCUT2D eigenvalue weighted by Crippen LogP contribution is -2.24. The Morgan fingerprint density at radius 3 is 2.72 bits per heavy atom. The first-order valence-corrected chi connectivity index (χ1v) is 7.47. The van der Waals surface area contributed by atoms with Crippen molar-refractivity contribution in [1.29, 1.82) is 0 Å².